The fourth-order valence-corrected chi connectivity index (χ4v) is 5.70. The van der Waals surface area contributed by atoms with Gasteiger partial charge in [-0.15, -0.1) is 0 Å². The molecule has 0 fully saturated rings. The molecule has 220 valence electrons. The molecule has 9 nitrogen and oxygen atoms in total. The van der Waals surface area contributed by atoms with Crippen LogP contribution in [0.4, 0.5) is 5.69 Å². The Bertz CT molecular complexity index is 1450. The van der Waals surface area contributed by atoms with E-state index in [2.05, 4.69) is 5.32 Å². The zero-order chi connectivity index (χ0) is 30.2. The number of rotatable bonds is 13. The molecular weight excluding hydrogens is 566 g/mol. The van der Waals surface area contributed by atoms with Crippen molar-refractivity contribution in [2.75, 3.05) is 31.6 Å². The minimum absolute atomic E-state index is 0.0107. The average molecular weight is 602 g/mol. The zero-order valence-corrected chi connectivity index (χ0v) is 25.4. The summed E-state index contributed by atoms with van der Waals surface area (Å²) in [5.74, 6) is -0.183. The van der Waals surface area contributed by atoms with Crippen LogP contribution in [0.25, 0.3) is 0 Å². The van der Waals surface area contributed by atoms with E-state index in [0.29, 0.717) is 22.9 Å². The van der Waals surface area contributed by atoms with Gasteiger partial charge in [-0.3, -0.25) is 13.9 Å². The number of hydrogen-bond donors (Lipinski definition) is 1. The van der Waals surface area contributed by atoms with Crippen molar-refractivity contribution in [3.63, 3.8) is 0 Å². The van der Waals surface area contributed by atoms with Crippen molar-refractivity contribution >= 4 is 39.1 Å². The molecule has 1 unspecified atom stereocenters. The number of nitrogens with one attached hydrogen (secondary N) is 1. The second-order valence-electron chi connectivity index (χ2n) is 9.79. The van der Waals surface area contributed by atoms with Crippen molar-refractivity contribution < 1.29 is 27.5 Å². The number of sulfonamides is 1. The normalized spacial score (nSPS) is 12.0. The van der Waals surface area contributed by atoms with Gasteiger partial charge in [0.05, 0.1) is 24.8 Å². The number of amides is 2. The molecule has 11 heteroatoms. The van der Waals surface area contributed by atoms with Crippen LogP contribution in [0.15, 0.2) is 77.7 Å². The fourth-order valence-electron chi connectivity index (χ4n) is 4.07. The quantitative estimate of drug-likeness (QED) is 0.303. The maximum Gasteiger partial charge on any atom is 0.264 e. The molecule has 0 aliphatic heterocycles. The summed E-state index contributed by atoms with van der Waals surface area (Å²) in [5, 5.41) is 3.28. The molecule has 3 rings (SSSR count). The lowest BCUT2D eigenvalue weighted by molar-refractivity contribution is -0.139. The Morgan fingerprint density at radius 1 is 0.927 bits per heavy atom. The number of halogens is 1. The largest absolute Gasteiger partial charge is 0.497 e. The molecule has 0 saturated heterocycles. The number of anilines is 1. The summed E-state index contributed by atoms with van der Waals surface area (Å²) in [5.41, 5.74) is 0.723. The smallest absolute Gasteiger partial charge is 0.264 e. The van der Waals surface area contributed by atoms with Crippen LogP contribution in [-0.4, -0.2) is 58.5 Å². The molecule has 0 aliphatic carbocycles. The first kappa shape index (κ1) is 31.8. The SMILES string of the molecule is COc1ccc(OC)c(N(CC(=O)N(Cc2ccccc2Cl)C(C)C(=O)NCC(C)C)S(=O)(=O)c2ccccc2)c1. The molecule has 1 atom stereocenters. The summed E-state index contributed by atoms with van der Waals surface area (Å²) in [7, 11) is -1.40. The van der Waals surface area contributed by atoms with Crippen molar-refractivity contribution in [2.24, 2.45) is 5.92 Å². The van der Waals surface area contributed by atoms with Crippen LogP contribution in [0, 0.1) is 5.92 Å². The zero-order valence-electron chi connectivity index (χ0n) is 23.8. The second kappa shape index (κ2) is 14.2. The van der Waals surface area contributed by atoms with Gasteiger partial charge in [-0.05, 0) is 48.7 Å². The molecule has 0 saturated carbocycles. The Kier molecular flexibility index (Phi) is 11.0. The highest BCUT2D eigenvalue weighted by molar-refractivity contribution is 7.92. The maximum atomic E-state index is 14.1. The fraction of sp³-hybridized carbons (Fsp3) is 0.333. The summed E-state index contributed by atoms with van der Waals surface area (Å²) in [6.45, 7) is 5.33. The highest BCUT2D eigenvalue weighted by atomic mass is 35.5. The Morgan fingerprint density at radius 3 is 2.20 bits per heavy atom. The van der Waals surface area contributed by atoms with Crippen molar-refractivity contribution in [3.8, 4) is 11.5 Å². The number of carbonyl (C=O) groups is 2. The average Bonchev–Trinajstić information content (AvgIpc) is 2.97. The summed E-state index contributed by atoms with van der Waals surface area (Å²) >= 11 is 6.41. The predicted molar refractivity (Wildman–Crippen MR) is 160 cm³/mol. The van der Waals surface area contributed by atoms with E-state index in [1.807, 2.05) is 13.8 Å². The lowest BCUT2D eigenvalue weighted by Gasteiger charge is -2.32. The number of nitrogens with zero attached hydrogens (tertiary/aromatic N) is 2. The number of hydrogen-bond acceptors (Lipinski definition) is 6. The van der Waals surface area contributed by atoms with Crippen molar-refractivity contribution in [1.82, 2.24) is 10.2 Å². The van der Waals surface area contributed by atoms with Gasteiger partial charge in [0.15, 0.2) is 0 Å². The van der Waals surface area contributed by atoms with Gasteiger partial charge in [0.1, 0.15) is 24.1 Å². The third-order valence-corrected chi connectivity index (χ3v) is 8.56. The predicted octanol–water partition coefficient (Wildman–Crippen LogP) is 4.74. The summed E-state index contributed by atoms with van der Waals surface area (Å²) in [4.78, 5) is 28.5. The van der Waals surface area contributed by atoms with E-state index in [0.717, 1.165) is 4.31 Å². The summed E-state index contributed by atoms with van der Waals surface area (Å²) in [6.07, 6.45) is 0. The van der Waals surface area contributed by atoms with Gasteiger partial charge >= 0.3 is 0 Å². The molecule has 1 N–H and O–H groups in total. The first-order valence-electron chi connectivity index (χ1n) is 13.1. The molecule has 0 aliphatic rings. The van der Waals surface area contributed by atoms with Gasteiger partial charge < -0.3 is 19.7 Å². The molecule has 0 spiro atoms. The Hall–Kier alpha value is -3.76. The Labute approximate surface area is 247 Å². The van der Waals surface area contributed by atoms with Gasteiger partial charge in [0.2, 0.25) is 11.8 Å². The Balaban J connectivity index is 2.10. The Morgan fingerprint density at radius 2 is 1.59 bits per heavy atom. The van der Waals surface area contributed by atoms with Crippen molar-refractivity contribution in [3.05, 3.63) is 83.4 Å². The number of methoxy groups -OCH3 is 2. The van der Waals surface area contributed by atoms with Crippen molar-refractivity contribution in [1.29, 1.82) is 0 Å². The highest BCUT2D eigenvalue weighted by Crippen LogP contribution is 2.36. The van der Waals surface area contributed by atoms with E-state index in [1.54, 1.807) is 61.5 Å². The van der Waals surface area contributed by atoms with Gasteiger partial charge in [-0.25, -0.2) is 8.42 Å². The number of benzene rings is 3. The first-order valence-corrected chi connectivity index (χ1v) is 14.9. The van der Waals surface area contributed by atoms with Crippen molar-refractivity contribution in [2.45, 2.75) is 38.3 Å². The van der Waals surface area contributed by atoms with Gasteiger partial charge in [0.25, 0.3) is 10.0 Å². The molecule has 41 heavy (non-hydrogen) atoms. The number of ether oxygens (including phenoxy) is 2. The number of carbonyl (C=O) groups excluding carboxylic acids is 2. The van der Waals surface area contributed by atoms with Crippen LogP contribution < -0.4 is 19.1 Å². The van der Waals surface area contributed by atoms with Crippen LogP contribution in [0.5, 0.6) is 11.5 Å². The van der Waals surface area contributed by atoms with E-state index < -0.39 is 28.5 Å². The molecule has 0 aromatic heterocycles. The monoisotopic (exact) mass is 601 g/mol. The van der Waals surface area contributed by atoms with E-state index >= 15 is 0 Å². The minimum Gasteiger partial charge on any atom is -0.497 e. The molecule has 3 aromatic rings. The van der Waals surface area contributed by atoms with Crippen LogP contribution in [-0.2, 0) is 26.2 Å². The maximum absolute atomic E-state index is 14.1. The summed E-state index contributed by atoms with van der Waals surface area (Å²) < 4.78 is 39.8. The standard InChI is InChI=1S/C30H36ClN3O6S/c1-21(2)18-32-30(36)22(3)33(19-23-11-9-10-14-26(23)31)29(35)20-34(41(37,38)25-12-7-6-8-13-25)27-17-24(39-4)15-16-28(27)40-5/h6-17,21-22H,18-20H2,1-5H3,(H,32,36). The third kappa shape index (κ3) is 7.92. The van der Waals surface area contributed by atoms with Gasteiger partial charge in [-0.2, -0.15) is 0 Å². The van der Waals surface area contributed by atoms with Crippen LogP contribution >= 0.6 is 11.6 Å². The molecule has 0 bridgehead atoms. The van der Waals surface area contributed by atoms with Gasteiger partial charge in [0, 0.05) is 24.2 Å². The lowest BCUT2D eigenvalue weighted by Crippen LogP contribution is -2.51. The van der Waals surface area contributed by atoms with Crippen LogP contribution in [0.2, 0.25) is 5.02 Å². The molecule has 0 heterocycles. The van der Waals surface area contributed by atoms with E-state index in [-0.39, 0.29) is 34.7 Å². The lowest BCUT2D eigenvalue weighted by atomic mass is 10.1. The van der Waals surface area contributed by atoms with Gasteiger partial charge in [-0.1, -0.05) is 61.8 Å². The topological polar surface area (TPSA) is 105 Å². The summed E-state index contributed by atoms with van der Waals surface area (Å²) in [6, 6.07) is 18.5. The van der Waals surface area contributed by atoms with E-state index in [1.165, 1.54) is 37.3 Å². The first-order chi connectivity index (χ1) is 19.5. The highest BCUT2D eigenvalue weighted by Gasteiger charge is 2.34. The van der Waals surface area contributed by atoms with E-state index in [9.17, 15) is 18.0 Å². The van der Waals surface area contributed by atoms with Crippen LogP contribution in [0.1, 0.15) is 26.3 Å². The molecule has 2 amide bonds. The van der Waals surface area contributed by atoms with E-state index in [4.69, 9.17) is 21.1 Å². The van der Waals surface area contributed by atoms with Crippen LogP contribution in [0.3, 0.4) is 0 Å². The minimum atomic E-state index is -4.27. The second-order valence-corrected chi connectivity index (χ2v) is 12.1. The molecule has 0 radical (unpaired) electrons. The molecular formula is C30H36ClN3O6S. The third-order valence-electron chi connectivity index (χ3n) is 6.42. The molecule has 3 aromatic carbocycles.